The van der Waals surface area contributed by atoms with E-state index in [0.717, 1.165) is 38.4 Å². The van der Waals surface area contributed by atoms with Crippen LogP contribution in [0.15, 0.2) is 0 Å². The van der Waals surface area contributed by atoms with Gasteiger partial charge in [0.1, 0.15) is 0 Å². The monoisotopic (exact) mass is 331 g/mol. The van der Waals surface area contributed by atoms with Crippen molar-refractivity contribution in [3.8, 4) is 0 Å². The molecule has 1 saturated heterocycles. The standard InChI is InChI=1S/C16H29N3O2.ClH/c1-12(2)9-16(21)19-7-5-14(6-8-19)18-15(20)11-17-10-13-3-4-13;/h12-14,17H,3-11H2,1-2H3,(H,18,20);1H. The molecule has 0 aromatic carbocycles. The quantitative estimate of drug-likeness (QED) is 0.744. The molecule has 2 amide bonds. The number of likely N-dealkylation sites (tertiary alicyclic amines) is 1. The van der Waals surface area contributed by atoms with Crippen molar-refractivity contribution in [3.63, 3.8) is 0 Å². The van der Waals surface area contributed by atoms with Gasteiger partial charge in [-0.05, 0) is 44.1 Å². The van der Waals surface area contributed by atoms with E-state index in [-0.39, 0.29) is 30.3 Å². The third-order valence-electron chi connectivity index (χ3n) is 4.21. The number of carbonyl (C=O) groups excluding carboxylic acids is 2. The maximum atomic E-state index is 12.0. The Kier molecular flexibility index (Phi) is 8.18. The summed E-state index contributed by atoms with van der Waals surface area (Å²) in [6, 6.07) is 0.225. The zero-order valence-corrected chi connectivity index (χ0v) is 14.6. The van der Waals surface area contributed by atoms with Gasteiger partial charge in [0, 0.05) is 25.6 Å². The number of nitrogens with one attached hydrogen (secondary N) is 2. The van der Waals surface area contributed by atoms with Gasteiger partial charge in [-0.2, -0.15) is 0 Å². The molecule has 0 aromatic heterocycles. The second kappa shape index (κ2) is 9.36. The highest BCUT2D eigenvalue weighted by Gasteiger charge is 2.24. The van der Waals surface area contributed by atoms with Crippen LogP contribution in [0.5, 0.6) is 0 Å². The van der Waals surface area contributed by atoms with Crippen molar-refractivity contribution in [3.05, 3.63) is 0 Å². The van der Waals surface area contributed by atoms with E-state index < -0.39 is 0 Å². The Morgan fingerprint density at radius 1 is 1.14 bits per heavy atom. The Bertz CT molecular complexity index is 364. The van der Waals surface area contributed by atoms with Crippen LogP contribution in [0, 0.1) is 11.8 Å². The van der Waals surface area contributed by atoms with Crippen LogP contribution in [-0.2, 0) is 9.59 Å². The SMILES string of the molecule is CC(C)CC(=O)N1CCC(NC(=O)CNCC2CC2)CC1.Cl. The van der Waals surface area contributed by atoms with Crippen molar-refractivity contribution in [2.24, 2.45) is 11.8 Å². The van der Waals surface area contributed by atoms with Gasteiger partial charge in [-0.3, -0.25) is 9.59 Å². The molecule has 128 valence electrons. The molecule has 0 spiro atoms. The van der Waals surface area contributed by atoms with Gasteiger partial charge in [-0.15, -0.1) is 12.4 Å². The van der Waals surface area contributed by atoms with Crippen LogP contribution in [-0.4, -0.2) is 48.9 Å². The minimum absolute atomic E-state index is 0. The Balaban J connectivity index is 0.00000242. The molecule has 2 rings (SSSR count). The van der Waals surface area contributed by atoms with Gasteiger partial charge in [0.15, 0.2) is 0 Å². The fourth-order valence-electron chi connectivity index (χ4n) is 2.74. The van der Waals surface area contributed by atoms with Gasteiger partial charge in [0.05, 0.1) is 6.54 Å². The van der Waals surface area contributed by atoms with Gasteiger partial charge in [-0.25, -0.2) is 0 Å². The first kappa shape index (κ1) is 19.2. The predicted octanol–water partition coefficient (Wildman–Crippen LogP) is 1.56. The summed E-state index contributed by atoms with van der Waals surface area (Å²) in [5.74, 6) is 1.55. The first-order valence-electron chi connectivity index (χ1n) is 8.32. The molecule has 2 N–H and O–H groups in total. The Morgan fingerprint density at radius 2 is 1.77 bits per heavy atom. The normalized spacial score (nSPS) is 19.0. The average molecular weight is 332 g/mol. The fraction of sp³-hybridized carbons (Fsp3) is 0.875. The number of hydrogen-bond donors (Lipinski definition) is 2. The lowest BCUT2D eigenvalue weighted by Crippen LogP contribution is -2.48. The second-order valence-electron chi connectivity index (χ2n) is 6.89. The summed E-state index contributed by atoms with van der Waals surface area (Å²) in [5, 5.41) is 6.28. The zero-order valence-electron chi connectivity index (χ0n) is 13.8. The fourth-order valence-corrected chi connectivity index (χ4v) is 2.74. The Hall–Kier alpha value is -0.810. The van der Waals surface area contributed by atoms with Crippen molar-refractivity contribution in [1.29, 1.82) is 0 Å². The summed E-state index contributed by atoms with van der Waals surface area (Å²) in [5.41, 5.74) is 0. The van der Waals surface area contributed by atoms with E-state index >= 15 is 0 Å². The Labute approximate surface area is 140 Å². The van der Waals surface area contributed by atoms with Crippen LogP contribution in [0.1, 0.15) is 46.0 Å². The van der Waals surface area contributed by atoms with E-state index in [2.05, 4.69) is 24.5 Å². The molecule has 6 heteroatoms. The van der Waals surface area contributed by atoms with Gasteiger partial charge in [0.25, 0.3) is 0 Å². The van der Waals surface area contributed by atoms with Crippen LogP contribution in [0.3, 0.4) is 0 Å². The van der Waals surface area contributed by atoms with Crippen molar-refractivity contribution in [2.45, 2.75) is 52.0 Å². The van der Waals surface area contributed by atoms with Gasteiger partial charge < -0.3 is 15.5 Å². The van der Waals surface area contributed by atoms with Gasteiger partial charge >= 0.3 is 0 Å². The first-order chi connectivity index (χ1) is 10.0. The van der Waals surface area contributed by atoms with E-state index in [1.807, 2.05) is 4.90 Å². The molecule has 1 saturated carbocycles. The number of piperidine rings is 1. The van der Waals surface area contributed by atoms with Gasteiger partial charge in [-0.1, -0.05) is 13.8 Å². The van der Waals surface area contributed by atoms with E-state index in [0.29, 0.717) is 18.9 Å². The van der Waals surface area contributed by atoms with Crippen molar-refractivity contribution < 1.29 is 9.59 Å². The summed E-state index contributed by atoms with van der Waals surface area (Å²) in [6.07, 6.45) is 4.98. The van der Waals surface area contributed by atoms with Crippen LogP contribution < -0.4 is 10.6 Å². The summed E-state index contributed by atoms with van der Waals surface area (Å²) >= 11 is 0. The molecule has 0 bridgehead atoms. The summed E-state index contributed by atoms with van der Waals surface area (Å²) in [4.78, 5) is 25.7. The number of rotatable bonds is 7. The molecule has 0 aromatic rings. The maximum Gasteiger partial charge on any atom is 0.234 e. The summed E-state index contributed by atoms with van der Waals surface area (Å²) in [6.45, 7) is 7.07. The second-order valence-corrected chi connectivity index (χ2v) is 6.89. The molecular weight excluding hydrogens is 302 g/mol. The highest BCUT2D eigenvalue weighted by atomic mass is 35.5. The topological polar surface area (TPSA) is 61.4 Å². The van der Waals surface area contributed by atoms with Gasteiger partial charge in [0.2, 0.25) is 11.8 Å². The van der Waals surface area contributed by atoms with E-state index in [1.54, 1.807) is 0 Å². The molecule has 0 atom stereocenters. The minimum atomic E-state index is 0. The zero-order chi connectivity index (χ0) is 15.2. The predicted molar refractivity (Wildman–Crippen MR) is 90.0 cm³/mol. The average Bonchev–Trinajstić information content (AvgIpc) is 3.23. The molecule has 0 unspecified atom stereocenters. The number of carbonyl (C=O) groups is 2. The number of halogens is 1. The maximum absolute atomic E-state index is 12.0. The largest absolute Gasteiger partial charge is 0.352 e. The molecule has 1 aliphatic heterocycles. The lowest BCUT2D eigenvalue weighted by Gasteiger charge is -2.33. The lowest BCUT2D eigenvalue weighted by molar-refractivity contribution is -0.133. The number of hydrogen-bond acceptors (Lipinski definition) is 3. The molecule has 5 nitrogen and oxygen atoms in total. The van der Waals surface area contributed by atoms with Crippen LogP contribution in [0.4, 0.5) is 0 Å². The van der Waals surface area contributed by atoms with E-state index in [1.165, 1.54) is 12.8 Å². The number of amides is 2. The van der Waals surface area contributed by atoms with E-state index in [9.17, 15) is 9.59 Å². The van der Waals surface area contributed by atoms with Crippen molar-refractivity contribution in [1.82, 2.24) is 15.5 Å². The van der Waals surface area contributed by atoms with Crippen LogP contribution >= 0.6 is 12.4 Å². The summed E-state index contributed by atoms with van der Waals surface area (Å²) in [7, 11) is 0. The Morgan fingerprint density at radius 3 is 2.32 bits per heavy atom. The number of nitrogens with zero attached hydrogens (tertiary/aromatic N) is 1. The van der Waals surface area contributed by atoms with Crippen LogP contribution in [0.25, 0.3) is 0 Å². The van der Waals surface area contributed by atoms with Crippen LogP contribution in [0.2, 0.25) is 0 Å². The third kappa shape index (κ3) is 6.97. The molecule has 1 aliphatic carbocycles. The lowest BCUT2D eigenvalue weighted by atomic mass is 10.0. The van der Waals surface area contributed by atoms with E-state index in [4.69, 9.17) is 0 Å². The third-order valence-corrected chi connectivity index (χ3v) is 4.21. The van der Waals surface area contributed by atoms with Crippen molar-refractivity contribution in [2.75, 3.05) is 26.2 Å². The highest BCUT2D eigenvalue weighted by molar-refractivity contribution is 5.85. The minimum Gasteiger partial charge on any atom is -0.352 e. The molecule has 22 heavy (non-hydrogen) atoms. The molecule has 1 heterocycles. The molecule has 0 radical (unpaired) electrons. The summed E-state index contributed by atoms with van der Waals surface area (Å²) < 4.78 is 0. The molecule has 2 fully saturated rings. The van der Waals surface area contributed by atoms with Crippen molar-refractivity contribution >= 4 is 24.2 Å². The molecule has 2 aliphatic rings. The first-order valence-corrected chi connectivity index (χ1v) is 8.32. The highest BCUT2D eigenvalue weighted by Crippen LogP contribution is 2.27. The smallest absolute Gasteiger partial charge is 0.234 e. The molecular formula is C16H30ClN3O2.